The summed E-state index contributed by atoms with van der Waals surface area (Å²) < 4.78 is 0. The van der Waals surface area contributed by atoms with E-state index >= 15 is 0 Å². The van der Waals surface area contributed by atoms with E-state index in [1.165, 1.54) is 0 Å². The number of rotatable bonds is 10. The summed E-state index contributed by atoms with van der Waals surface area (Å²) in [5.41, 5.74) is 2.01. The summed E-state index contributed by atoms with van der Waals surface area (Å²) in [5.74, 6) is -2.86. The third-order valence-electron chi connectivity index (χ3n) is 5.21. The normalized spacial score (nSPS) is 11.7. The van der Waals surface area contributed by atoms with E-state index in [-0.39, 0.29) is 36.4 Å². The second kappa shape index (κ2) is 10.6. The molecule has 0 fully saturated rings. The Bertz CT molecular complexity index is 1270. The second-order valence-corrected chi connectivity index (χ2v) is 7.72. The van der Waals surface area contributed by atoms with Gasteiger partial charge in [-0.1, -0.05) is 6.07 Å². The lowest BCUT2D eigenvalue weighted by molar-refractivity contribution is -0.140. The van der Waals surface area contributed by atoms with E-state index in [4.69, 9.17) is 5.11 Å². The molecule has 0 aliphatic carbocycles. The second-order valence-electron chi connectivity index (χ2n) is 7.72. The van der Waals surface area contributed by atoms with Crippen LogP contribution in [0.15, 0.2) is 47.3 Å². The van der Waals surface area contributed by atoms with Crippen molar-refractivity contribution in [1.82, 2.24) is 15.3 Å². The molecule has 2 aromatic carbocycles. The molecule has 0 bridgehead atoms. The smallest absolute Gasteiger partial charge is 0.326 e. The molecule has 5 N–H and O–H groups in total. The molecule has 34 heavy (non-hydrogen) atoms. The molecule has 1 atom stereocenters. The van der Waals surface area contributed by atoms with Crippen molar-refractivity contribution in [2.24, 2.45) is 0 Å². The van der Waals surface area contributed by atoms with Gasteiger partial charge in [0.1, 0.15) is 18.5 Å². The number of aliphatic hydroxyl groups excluding tert-OH is 1. The molecule has 1 heterocycles. The fourth-order valence-electron chi connectivity index (χ4n) is 3.41. The van der Waals surface area contributed by atoms with Crippen LogP contribution in [0, 0.1) is 0 Å². The number of benzene rings is 2. The van der Waals surface area contributed by atoms with Crippen LogP contribution in [0.25, 0.3) is 10.9 Å². The van der Waals surface area contributed by atoms with Crippen LogP contribution in [-0.4, -0.2) is 56.2 Å². The van der Waals surface area contributed by atoms with Crippen molar-refractivity contribution in [2.45, 2.75) is 32.0 Å². The van der Waals surface area contributed by atoms with Crippen molar-refractivity contribution in [3.05, 3.63) is 69.8 Å². The number of aromatic nitrogens is 2. The quantitative estimate of drug-likeness (QED) is 0.292. The zero-order valence-corrected chi connectivity index (χ0v) is 18.3. The minimum absolute atomic E-state index is 0.197. The summed E-state index contributed by atoms with van der Waals surface area (Å²) in [4.78, 5) is 55.2. The van der Waals surface area contributed by atoms with Crippen molar-refractivity contribution in [3.63, 3.8) is 0 Å². The summed E-state index contributed by atoms with van der Waals surface area (Å²) in [7, 11) is 1.84. The molecule has 178 valence electrons. The highest BCUT2D eigenvalue weighted by molar-refractivity contribution is 5.97. The van der Waals surface area contributed by atoms with Gasteiger partial charge in [-0.15, -0.1) is 0 Å². The molecule has 1 amide bonds. The van der Waals surface area contributed by atoms with Gasteiger partial charge in [0, 0.05) is 31.3 Å². The number of carboxylic acid groups (broad SMARTS) is 2. The van der Waals surface area contributed by atoms with Gasteiger partial charge >= 0.3 is 11.9 Å². The lowest BCUT2D eigenvalue weighted by atomic mass is 10.1. The summed E-state index contributed by atoms with van der Waals surface area (Å²) in [6, 6.07) is 10.5. The number of hydrogen-bond acceptors (Lipinski definition) is 7. The predicted molar refractivity (Wildman–Crippen MR) is 123 cm³/mol. The van der Waals surface area contributed by atoms with Crippen molar-refractivity contribution in [1.29, 1.82) is 0 Å². The number of aliphatic hydroxyl groups is 1. The number of hydrogen-bond donors (Lipinski definition) is 5. The van der Waals surface area contributed by atoms with Gasteiger partial charge in [0.05, 0.1) is 10.9 Å². The minimum atomic E-state index is -1.30. The Hall–Kier alpha value is -4.25. The summed E-state index contributed by atoms with van der Waals surface area (Å²) in [5, 5.41) is 29.8. The predicted octanol–water partition coefficient (Wildman–Crippen LogP) is 1.10. The number of carbonyl (C=O) groups excluding carboxylic acids is 1. The summed E-state index contributed by atoms with van der Waals surface area (Å²) in [6.07, 6.45) is -0.594. The highest BCUT2D eigenvalue weighted by Crippen LogP contribution is 2.18. The molecular weight excluding hydrogens is 444 g/mol. The van der Waals surface area contributed by atoms with Crippen LogP contribution < -0.4 is 15.8 Å². The average Bonchev–Trinajstić information content (AvgIpc) is 2.81. The van der Waals surface area contributed by atoms with Crippen LogP contribution in [0.4, 0.5) is 5.69 Å². The van der Waals surface area contributed by atoms with E-state index in [1.807, 2.05) is 18.0 Å². The van der Waals surface area contributed by atoms with E-state index in [0.29, 0.717) is 17.4 Å². The molecule has 0 saturated carbocycles. The third kappa shape index (κ3) is 5.95. The van der Waals surface area contributed by atoms with Crippen LogP contribution >= 0.6 is 0 Å². The Morgan fingerprint density at radius 1 is 1.12 bits per heavy atom. The van der Waals surface area contributed by atoms with Crippen LogP contribution in [0.5, 0.6) is 0 Å². The molecule has 3 aromatic rings. The zero-order chi connectivity index (χ0) is 24.8. The summed E-state index contributed by atoms with van der Waals surface area (Å²) >= 11 is 0. The molecule has 11 heteroatoms. The molecule has 0 aliphatic heterocycles. The fourth-order valence-corrected chi connectivity index (χ4v) is 3.41. The molecule has 0 saturated heterocycles. The molecule has 1 aromatic heterocycles. The Morgan fingerprint density at radius 3 is 2.44 bits per heavy atom. The highest BCUT2D eigenvalue weighted by Gasteiger charge is 2.21. The maximum absolute atomic E-state index is 12.4. The first-order chi connectivity index (χ1) is 16.2. The zero-order valence-electron chi connectivity index (χ0n) is 18.3. The number of nitrogens with one attached hydrogen (secondary N) is 2. The van der Waals surface area contributed by atoms with E-state index in [2.05, 4.69) is 15.3 Å². The number of H-pyrrole nitrogens is 1. The Labute approximate surface area is 193 Å². The van der Waals surface area contributed by atoms with Gasteiger partial charge in [-0.3, -0.25) is 14.4 Å². The van der Waals surface area contributed by atoms with Gasteiger partial charge < -0.3 is 30.5 Å². The van der Waals surface area contributed by atoms with Crippen molar-refractivity contribution >= 4 is 34.4 Å². The lowest BCUT2D eigenvalue weighted by Gasteiger charge is -2.20. The van der Waals surface area contributed by atoms with Gasteiger partial charge in [-0.2, -0.15) is 0 Å². The van der Waals surface area contributed by atoms with Gasteiger partial charge in [0.2, 0.25) is 0 Å². The number of fused-ring (bicyclic) bond motifs is 1. The van der Waals surface area contributed by atoms with Crippen LogP contribution in [0.2, 0.25) is 0 Å². The number of carbonyl (C=O) groups is 3. The first kappa shape index (κ1) is 24.4. The van der Waals surface area contributed by atoms with Crippen molar-refractivity contribution in [2.75, 3.05) is 11.9 Å². The first-order valence-corrected chi connectivity index (χ1v) is 10.4. The van der Waals surface area contributed by atoms with E-state index in [0.717, 1.165) is 11.3 Å². The van der Waals surface area contributed by atoms with Crippen molar-refractivity contribution in [3.8, 4) is 0 Å². The largest absolute Gasteiger partial charge is 0.481 e. The SMILES string of the molecule is CN(Cc1ccc2nc(CO)[nH]c(=O)c2c1)c1ccc(C(=O)N[C@@H](CCC(=O)O)C(=O)O)cc1. The van der Waals surface area contributed by atoms with Crippen LogP contribution in [-0.2, 0) is 22.7 Å². The molecule has 3 rings (SSSR count). The van der Waals surface area contributed by atoms with Gasteiger partial charge in [0.15, 0.2) is 0 Å². The molecule has 0 unspecified atom stereocenters. The molecule has 11 nitrogen and oxygen atoms in total. The van der Waals surface area contributed by atoms with Gasteiger partial charge in [-0.05, 0) is 48.4 Å². The molecule has 0 radical (unpaired) electrons. The van der Waals surface area contributed by atoms with Crippen LogP contribution in [0.1, 0.15) is 34.6 Å². The Morgan fingerprint density at radius 2 is 1.82 bits per heavy atom. The number of carboxylic acids is 2. The highest BCUT2D eigenvalue weighted by atomic mass is 16.4. The van der Waals surface area contributed by atoms with Crippen LogP contribution in [0.3, 0.4) is 0 Å². The maximum Gasteiger partial charge on any atom is 0.326 e. The van der Waals surface area contributed by atoms with Crippen molar-refractivity contribution < 1.29 is 29.7 Å². The number of nitrogens with zero attached hydrogens (tertiary/aromatic N) is 2. The molecular formula is C23H24N4O7. The van der Waals surface area contributed by atoms with Gasteiger partial charge in [-0.25, -0.2) is 9.78 Å². The standard InChI is InChI=1S/C23H24N4O7/c1-27(11-13-2-7-17-16(10-13)22(32)26-19(12-28)24-17)15-5-3-14(4-6-15)21(31)25-18(23(33)34)8-9-20(29)30/h2-7,10,18,28H,8-9,11-12H2,1H3,(H,25,31)(H,29,30)(H,33,34)(H,24,26,32)/t18-/m0/s1. The monoisotopic (exact) mass is 468 g/mol. The minimum Gasteiger partial charge on any atom is -0.481 e. The number of aliphatic carboxylic acids is 2. The Kier molecular flexibility index (Phi) is 7.59. The molecule has 0 aliphatic rings. The number of amides is 1. The lowest BCUT2D eigenvalue weighted by Crippen LogP contribution is -2.41. The summed E-state index contributed by atoms with van der Waals surface area (Å²) in [6.45, 7) is 0.0991. The average molecular weight is 468 g/mol. The van der Waals surface area contributed by atoms with Gasteiger partial charge in [0.25, 0.3) is 11.5 Å². The first-order valence-electron chi connectivity index (χ1n) is 10.4. The number of aromatic amines is 1. The maximum atomic E-state index is 12.4. The fraction of sp³-hybridized carbons (Fsp3) is 0.261. The Balaban J connectivity index is 1.68. The number of anilines is 1. The topological polar surface area (TPSA) is 173 Å². The molecule has 0 spiro atoms. The van der Waals surface area contributed by atoms with E-state index < -0.39 is 23.9 Å². The third-order valence-corrected chi connectivity index (χ3v) is 5.21. The van der Waals surface area contributed by atoms with E-state index in [9.17, 15) is 29.4 Å². The van der Waals surface area contributed by atoms with E-state index in [1.54, 1.807) is 36.4 Å².